The van der Waals surface area contributed by atoms with Crippen LogP contribution < -0.4 is 20.7 Å². The Hall–Kier alpha value is -3.09. The minimum atomic E-state index is -0.330. The van der Waals surface area contributed by atoms with Crippen molar-refractivity contribution in [3.63, 3.8) is 0 Å². The molecule has 3 rings (SSSR count). The van der Waals surface area contributed by atoms with E-state index >= 15 is 0 Å². The van der Waals surface area contributed by atoms with E-state index in [4.69, 9.17) is 10.5 Å². The Kier molecular flexibility index (Phi) is 4.33. The summed E-state index contributed by atoms with van der Waals surface area (Å²) in [6, 6.07) is 12.7. The fourth-order valence-corrected chi connectivity index (χ4v) is 2.51. The average Bonchev–Trinajstić information content (AvgIpc) is 2.58. The Balaban J connectivity index is 1.72. The van der Waals surface area contributed by atoms with Gasteiger partial charge in [-0.15, -0.1) is 0 Å². The van der Waals surface area contributed by atoms with Gasteiger partial charge in [0.05, 0.1) is 6.04 Å². The Morgan fingerprint density at radius 3 is 2.83 bits per heavy atom. The molecule has 1 aliphatic heterocycles. The SMILES string of the molecule is CC(NC(=O)CN1C(=O)COc2ccc(N)nc21)c1ccccc1. The minimum Gasteiger partial charge on any atom is -0.480 e. The molecule has 3 N–H and O–H groups in total. The van der Waals surface area contributed by atoms with Gasteiger partial charge < -0.3 is 15.8 Å². The van der Waals surface area contributed by atoms with Crippen LogP contribution in [0.1, 0.15) is 18.5 Å². The normalized spacial score (nSPS) is 14.5. The number of anilines is 2. The summed E-state index contributed by atoms with van der Waals surface area (Å²) in [6.45, 7) is 1.63. The molecular weight excluding hydrogens is 308 g/mol. The van der Waals surface area contributed by atoms with Gasteiger partial charge in [0, 0.05) is 0 Å². The third-order valence-corrected chi connectivity index (χ3v) is 3.75. The van der Waals surface area contributed by atoms with Gasteiger partial charge in [0.1, 0.15) is 12.4 Å². The first-order chi connectivity index (χ1) is 11.5. The summed E-state index contributed by atoms with van der Waals surface area (Å²) in [5, 5.41) is 2.88. The van der Waals surface area contributed by atoms with Crippen LogP contribution in [0.3, 0.4) is 0 Å². The number of nitrogens with two attached hydrogens (primary N) is 1. The van der Waals surface area contributed by atoms with Crippen molar-refractivity contribution >= 4 is 23.5 Å². The lowest BCUT2D eigenvalue weighted by Crippen LogP contribution is -2.46. The number of rotatable bonds is 4. The molecule has 124 valence electrons. The van der Waals surface area contributed by atoms with Crippen LogP contribution in [0.25, 0.3) is 0 Å². The molecule has 7 heteroatoms. The second-order valence-electron chi connectivity index (χ2n) is 5.53. The molecule has 0 radical (unpaired) electrons. The van der Waals surface area contributed by atoms with Crippen LogP contribution in [-0.4, -0.2) is 29.9 Å². The van der Waals surface area contributed by atoms with Gasteiger partial charge in [-0.25, -0.2) is 4.98 Å². The Labute approximate surface area is 139 Å². The second kappa shape index (κ2) is 6.57. The smallest absolute Gasteiger partial charge is 0.266 e. The van der Waals surface area contributed by atoms with Crippen LogP contribution in [0, 0.1) is 0 Å². The quantitative estimate of drug-likeness (QED) is 0.882. The van der Waals surface area contributed by atoms with Crippen molar-refractivity contribution < 1.29 is 14.3 Å². The number of hydrogen-bond donors (Lipinski definition) is 2. The van der Waals surface area contributed by atoms with E-state index in [1.54, 1.807) is 12.1 Å². The van der Waals surface area contributed by atoms with Gasteiger partial charge in [-0.2, -0.15) is 0 Å². The first-order valence-electron chi connectivity index (χ1n) is 7.58. The summed E-state index contributed by atoms with van der Waals surface area (Å²) >= 11 is 0. The molecule has 0 saturated carbocycles. The molecule has 0 fully saturated rings. The molecule has 1 atom stereocenters. The number of pyridine rings is 1. The van der Waals surface area contributed by atoms with Crippen molar-refractivity contribution in [3.8, 4) is 5.75 Å². The number of carbonyl (C=O) groups is 2. The van der Waals surface area contributed by atoms with Crippen LogP contribution >= 0.6 is 0 Å². The first kappa shape index (κ1) is 15.8. The van der Waals surface area contributed by atoms with Crippen LogP contribution in [-0.2, 0) is 9.59 Å². The summed E-state index contributed by atoms with van der Waals surface area (Å²) < 4.78 is 5.31. The fraction of sp³-hybridized carbons (Fsp3) is 0.235. The molecule has 2 heterocycles. The minimum absolute atomic E-state index is 0.125. The molecule has 1 aliphatic rings. The third kappa shape index (κ3) is 3.29. The third-order valence-electron chi connectivity index (χ3n) is 3.75. The summed E-state index contributed by atoms with van der Waals surface area (Å²) in [5.41, 5.74) is 6.66. The Bertz CT molecular complexity index is 764. The fourth-order valence-electron chi connectivity index (χ4n) is 2.51. The number of nitrogen functional groups attached to an aromatic ring is 1. The molecule has 2 aromatic rings. The lowest BCUT2D eigenvalue weighted by Gasteiger charge is -2.28. The van der Waals surface area contributed by atoms with E-state index in [-0.39, 0.29) is 42.6 Å². The maximum atomic E-state index is 12.3. The molecule has 1 aromatic carbocycles. The van der Waals surface area contributed by atoms with E-state index in [0.717, 1.165) is 5.56 Å². The Morgan fingerprint density at radius 1 is 1.33 bits per heavy atom. The summed E-state index contributed by atoms with van der Waals surface area (Å²) in [5.74, 6) is 0.358. The van der Waals surface area contributed by atoms with E-state index in [9.17, 15) is 9.59 Å². The lowest BCUT2D eigenvalue weighted by molar-refractivity contribution is -0.125. The molecule has 2 amide bonds. The van der Waals surface area contributed by atoms with Crippen molar-refractivity contribution in [1.29, 1.82) is 0 Å². The second-order valence-corrected chi connectivity index (χ2v) is 5.53. The molecule has 0 saturated heterocycles. The lowest BCUT2D eigenvalue weighted by atomic mass is 10.1. The number of nitrogens with one attached hydrogen (secondary N) is 1. The van der Waals surface area contributed by atoms with Crippen LogP contribution in [0.2, 0.25) is 0 Å². The van der Waals surface area contributed by atoms with E-state index in [0.29, 0.717) is 5.75 Å². The van der Waals surface area contributed by atoms with Gasteiger partial charge in [-0.3, -0.25) is 14.5 Å². The van der Waals surface area contributed by atoms with E-state index in [1.165, 1.54) is 4.90 Å². The highest BCUT2D eigenvalue weighted by Gasteiger charge is 2.29. The van der Waals surface area contributed by atoms with Gasteiger partial charge >= 0.3 is 0 Å². The highest BCUT2D eigenvalue weighted by Crippen LogP contribution is 2.30. The number of ether oxygens (including phenoxy) is 1. The number of fused-ring (bicyclic) bond motifs is 1. The number of carbonyl (C=O) groups excluding carboxylic acids is 2. The van der Waals surface area contributed by atoms with Crippen LogP contribution in [0.4, 0.5) is 11.6 Å². The first-order valence-corrected chi connectivity index (χ1v) is 7.58. The molecule has 24 heavy (non-hydrogen) atoms. The predicted octanol–water partition coefficient (Wildman–Crippen LogP) is 1.27. The molecular formula is C17H18N4O3. The zero-order valence-electron chi connectivity index (χ0n) is 13.2. The highest BCUT2D eigenvalue weighted by atomic mass is 16.5. The maximum absolute atomic E-state index is 12.3. The summed E-state index contributed by atoms with van der Waals surface area (Å²) in [7, 11) is 0. The number of nitrogens with zero attached hydrogens (tertiary/aromatic N) is 2. The average molecular weight is 326 g/mol. The molecule has 0 spiro atoms. The Morgan fingerprint density at radius 2 is 2.08 bits per heavy atom. The summed E-state index contributed by atoms with van der Waals surface area (Å²) in [4.78, 5) is 29.8. The zero-order valence-corrected chi connectivity index (χ0v) is 13.2. The topological polar surface area (TPSA) is 97.5 Å². The van der Waals surface area contributed by atoms with Crippen molar-refractivity contribution in [3.05, 3.63) is 48.0 Å². The van der Waals surface area contributed by atoms with E-state index < -0.39 is 0 Å². The summed E-state index contributed by atoms with van der Waals surface area (Å²) in [6.07, 6.45) is 0. The zero-order chi connectivity index (χ0) is 17.1. The molecule has 1 unspecified atom stereocenters. The van der Waals surface area contributed by atoms with Crippen molar-refractivity contribution in [2.45, 2.75) is 13.0 Å². The number of aromatic nitrogens is 1. The number of hydrogen-bond acceptors (Lipinski definition) is 5. The van der Waals surface area contributed by atoms with Crippen molar-refractivity contribution in [2.75, 3.05) is 23.8 Å². The van der Waals surface area contributed by atoms with Gasteiger partial charge in [0.2, 0.25) is 5.91 Å². The molecule has 0 bridgehead atoms. The van der Waals surface area contributed by atoms with Gasteiger partial charge in [0.25, 0.3) is 5.91 Å². The maximum Gasteiger partial charge on any atom is 0.266 e. The largest absolute Gasteiger partial charge is 0.480 e. The van der Waals surface area contributed by atoms with Gasteiger partial charge in [-0.05, 0) is 24.6 Å². The van der Waals surface area contributed by atoms with Crippen molar-refractivity contribution in [2.24, 2.45) is 0 Å². The van der Waals surface area contributed by atoms with Crippen molar-refractivity contribution in [1.82, 2.24) is 10.3 Å². The van der Waals surface area contributed by atoms with Crippen LogP contribution in [0.5, 0.6) is 5.75 Å². The monoisotopic (exact) mass is 326 g/mol. The molecule has 1 aromatic heterocycles. The predicted molar refractivity (Wildman–Crippen MR) is 89.5 cm³/mol. The van der Waals surface area contributed by atoms with Gasteiger partial charge in [-0.1, -0.05) is 30.3 Å². The molecule has 7 nitrogen and oxygen atoms in total. The number of amides is 2. The molecule has 0 aliphatic carbocycles. The highest BCUT2D eigenvalue weighted by molar-refractivity contribution is 6.01. The van der Waals surface area contributed by atoms with E-state index in [1.807, 2.05) is 37.3 Å². The number of benzene rings is 1. The van der Waals surface area contributed by atoms with Crippen LogP contribution in [0.15, 0.2) is 42.5 Å². The van der Waals surface area contributed by atoms with E-state index in [2.05, 4.69) is 10.3 Å². The standard InChI is InChI=1S/C17H18N4O3/c1-11(12-5-3-2-4-6-12)19-15(22)9-21-16(23)10-24-13-7-8-14(18)20-17(13)21/h2-8,11H,9-10H2,1H3,(H2,18,20)(H,19,22). The van der Waals surface area contributed by atoms with Gasteiger partial charge in [0.15, 0.2) is 18.2 Å².